The number of carbonyl (C=O) groups excluding carboxylic acids is 1. The molecule has 0 aliphatic carbocycles. The van der Waals surface area contributed by atoms with Crippen LogP contribution in [0, 0.1) is 5.82 Å². The fourth-order valence-electron chi connectivity index (χ4n) is 1.14. The highest BCUT2D eigenvalue weighted by Gasteiger charge is 2.07. The summed E-state index contributed by atoms with van der Waals surface area (Å²) in [6.07, 6.45) is 3.97. The van der Waals surface area contributed by atoms with Crippen molar-refractivity contribution in [3.05, 3.63) is 41.7 Å². The summed E-state index contributed by atoms with van der Waals surface area (Å²) in [5.41, 5.74) is 0.331. The van der Waals surface area contributed by atoms with Gasteiger partial charge >= 0.3 is 0 Å². The molecule has 0 bridgehead atoms. The van der Waals surface area contributed by atoms with Crippen molar-refractivity contribution in [2.24, 2.45) is 0 Å². The lowest BCUT2D eigenvalue weighted by atomic mass is 10.1. The Morgan fingerprint density at radius 1 is 1.53 bits per heavy atom. The second kappa shape index (κ2) is 5.29. The quantitative estimate of drug-likeness (QED) is 0.561. The average Bonchev–Trinajstić information content (AvgIpc) is 2.25. The number of hydrogen-bond donors (Lipinski definition) is 0. The van der Waals surface area contributed by atoms with Crippen LogP contribution in [0.15, 0.2) is 30.4 Å². The van der Waals surface area contributed by atoms with Crippen molar-refractivity contribution in [2.75, 3.05) is 7.11 Å². The predicted molar refractivity (Wildman–Crippen MR) is 56.7 cm³/mol. The zero-order valence-corrected chi connectivity index (χ0v) is 8.79. The first-order valence-corrected chi connectivity index (χ1v) is 4.73. The molecule has 1 aromatic rings. The van der Waals surface area contributed by atoms with Gasteiger partial charge in [-0.1, -0.05) is 13.0 Å². The molecule has 0 aliphatic heterocycles. The van der Waals surface area contributed by atoms with Crippen molar-refractivity contribution in [3.8, 4) is 5.75 Å². The van der Waals surface area contributed by atoms with Crippen LogP contribution in [0.4, 0.5) is 4.39 Å². The fourth-order valence-corrected chi connectivity index (χ4v) is 1.14. The van der Waals surface area contributed by atoms with E-state index in [1.807, 2.05) is 6.92 Å². The lowest BCUT2D eigenvalue weighted by Crippen LogP contribution is -1.96. The first-order valence-electron chi connectivity index (χ1n) is 4.73. The zero-order chi connectivity index (χ0) is 11.3. The molecule has 0 radical (unpaired) electrons. The van der Waals surface area contributed by atoms with Crippen LogP contribution in [0.5, 0.6) is 5.75 Å². The van der Waals surface area contributed by atoms with Gasteiger partial charge in [0.05, 0.1) is 7.11 Å². The summed E-state index contributed by atoms with van der Waals surface area (Å²) in [6, 6.07) is 4.17. The van der Waals surface area contributed by atoms with Crippen molar-refractivity contribution in [1.29, 1.82) is 0 Å². The number of benzene rings is 1. The fraction of sp³-hybridized carbons (Fsp3) is 0.250. The van der Waals surface area contributed by atoms with Gasteiger partial charge in [-0.15, -0.1) is 0 Å². The van der Waals surface area contributed by atoms with Gasteiger partial charge in [0.25, 0.3) is 0 Å². The summed E-state index contributed by atoms with van der Waals surface area (Å²) >= 11 is 0. The van der Waals surface area contributed by atoms with Gasteiger partial charge in [0.1, 0.15) is 0 Å². The van der Waals surface area contributed by atoms with E-state index in [1.54, 1.807) is 12.1 Å². The summed E-state index contributed by atoms with van der Waals surface area (Å²) in [5, 5.41) is 0. The third-order valence-electron chi connectivity index (χ3n) is 1.94. The maximum absolute atomic E-state index is 13.2. The SMILES string of the molecule is CC/C=C/C(=O)c1ccc(OC)c(F)c1. The van der Waals surface area contributed by atoms with Crippen molar-refractivity contribution in [1.82, 2.24) is 0 Å². The Bertz CT molecular complexity index is 383. The van der Waals surface area contributed by atoms with E-state index in [2.05, 4.69) is 0 Å². The third-order valence-corrected chi connectivity index (χ3v) is 1.94. The molecule has 0 aliphatic rings. The Hall–Kier alpha value is -1.64. The minimum atomic E-state index is -0.520. The molecule has 0 saturated heterocycles. The standard InChI is InChI=1S/C12H13FO2/c1-3-4-5-11(14)9-6-7-12(15-2)10(13)8-9/h4-8H,3H2,1-2H3/b5-4+. The summed E-state index contributed by atoms with van der Waals surface area (Å²) in [5.74, 6) is -0.572. The van der Waals surface area contributed by atoms with Crippen molar-refractivity contribution >= 4 is 5.78 Å². The number of methoxy groups -OCH3 is 1. The Balaban J connectivity index is 2.92. The Morgan fingerprint density at radius 3 is 2.80 bits per heavy atom. The first-order chi connectivity index (χ1) is 7.19. The first kappa shape index (κ1) is 11.4. The topological polar surface area (TPSA) is 26.3 Å². The second-order valence-corrected chi connectivity index (χ2v) is 3.02. The molecule has 2 nitrogen and oxygen atoms in total. The normalized spacial score (nSPS) is 10.6. The van der Waals surface area contributed by atoms with Gasteiger partial charge in [-0.25, -0.2) is 4.39 Å². The molecule has 0 aromatic heterocycles. The summed E-state index contributed by atoms with van der Waals surface area (Å²) < 4.78 is 18.0. The van der Waals surface area contributed by atoms with E-state index in [0.717, 1.165) is 6.42 Å². The Labute approximate surface area is 88.4 Å². The number of halogens is 1. The molecule has 80 valence electrons. The van der Waals surface area contributed by atoms with Crippen LogP contribution in [-0.4, -0.2) is 12.9 Å². The number of rotatable bonds is 4. The monoisotopic (exact) mass is 208 g/mol. The number of ether oxygens (including phenoxy) is 1. The largest absolute Gasteiger partial charge is 0.494 e. The van der Waals surface area contributed by atoms with Crippen LogP contribution < -0.4 is 4.74 Å². The van der Waals surface area contributed by atoms with Crippen molar-refractivity contribution in [3.63, 3.8) is 0 Å². The zero-order valence-electron chi connectivity index (χ0n) is 8.79. The van der Waals surface area contributed by atoms with E-state index in [9.17, 15) is 9.18 Å². The molecular formula is C12H13FO2. The smallest absolute Gasteiger partial charge is 0.185 e. The molecule has 1 aromatic carbocycles. The van der Waals surface area contributed by atoms with E-state index >= 15 is 0 Å². The molecule has 0 N–H and O–H groups in total. The maximum Gasteiger partial charge on any atom is 0.185 e. The summed E-state index contributed by atoms with van der Waals surface area (Å²) in [7, 11) is 1.39. The lowest BCUT2D eigenvalue weighted by Gasteiger charge is -2.02. The summed E-state index contributed by atoms with van der Waals surface area (Å²) in [6.45, 7) is 1.93. The number of carbonyl (C=O) groups is 1. The van der Waals surface area contributed by atoms with Gasteiger partial charge in [-0.2, -0.15) is 0 Å². The Kier molecular flexibility index (Phi) is 4.03. The minimum absolute atomic E-state index is 0.144. The molecule has 0 saturated carbocycles. The molecule has 3 heteroatoms. The molecule has 0 heterocycles. The average molecular weight is 208 g/mol. The number of allylic oxidation sites excluding steroid dienone is 2. The van der Waals surface area contributed by atoms with Crippen LogP contribution in [0.25, 0.3) is 0 Å². The summed E-state index contributed by atoms with van der Waals surface area (Å²) in [4.78, 5) is 11.5. The van der Waals surface area contributed by atoms with E-state index in [-0.39, 0.29) is 11.5 Å². The van der Waals surface area contributed by atoms with Crippen molar-refractivity contribution in [2.45, 2.75) is 13.3 Å². The molecule has 1 rings (SSSR count). The molecule has 0 spiro atoms. The lowest BCUT2D eigenvalue weighted by molar-refractivity contribution is 0.104. The van der Waals surface area contributed by atoms with E-state index in [0.29, 0.717) is 5.56 Å². The second-order valence-electron chi connectivity index (χ2n) is 3.02. The van der Waals surface area contributed by atoms with Crippen LogP contribution >= 0.6 is 0 Å². The van der Waals surface area contributed by atoms with Crippen LogP contribution in [-0.2, 0) is 0 Å². The Morgan fingerprint density at radius 2 is 2.27 bits per heavy atom. The molecule has 15 heavy (non-hydrogen) atoms. The van der Waals surface area contributed by atoms with Gasteiger partial charge in [0.15, 0.2) is 17.3 Å². The van der Waals surface area contributed by atoms with E-state index in [4.69, 9.17) is 4.74 Å². The molecule has 0 atom stereocenters. The number of ketones is 1. The van der Waals surface area contributed by atoms with Gasteiger partial charge in [0, 0.05) is 5.56 Å². The van der Waals surface area contributed by atoms with Crippen LogP contribution in [0.3, 0.4) is 0 Å². The van der Waals surface area contributed by atoms with Crippen LogP contribution in [0.2, 0.25) is 0 Å². The highest BCUT2D eigenvalue weighted by atomic mass is 19.1. The highest BCUT2D eigenvalue weighted by molar-refractivity contribution is 6.04. The van der Waals surface area contributed by atoms with Gasteiger partial charge in [-0.3, -0.25) is 4.79 Å². The minimum Gasteiger partial charge on any atom is -0.494 e. The molecule has 0 unspecified atom stereocenters. The molecular weight excluding hydrogens is 195 g/mol. The highest BCUT2D eigenvalue weighted by Crippen LogP contribution is 2.18. The van der Waals surface area contributed by atoms with Gasteiger partial charge in [0.2, 0.25) is 0 Å². The third kappa shape index (κ3) is 2.91. The number of hydrogen-bond acceptors (Lipinski definition) is 2. The molecule has 0 fully saturated rings. The maximum atomic E-state index is 13.2. The van der Waals surface area contributed by atoms with E-state index < -0.39 is 5.82 Å². The van der Waals surface area contributed by atoms with Crippen molar-refractivity contribution < 1.29 is 13.9 Å². The van der Waals surface area contributed by atoms with E-state index in [1.165, 1.54) is 25.3 Å². The van der Waals surface area contributed by atoms with Gasteiger partial charge in [-0.05, 0) is 30.7 Å². The van der Waals surface area contributed by atoms with Crippen LogP contribution in [0.1, 0.15) is 23.7 Å². The predicted octanol–water partition coefficient (Wildman–Crippen LogP) is 2.98. The molecule has 0 amide bonds. The van der Waals surface area contributed by atoms with Gasteiger partial charge < -0.3 is 4.74 Å².